The summed E-state index contributed by atoms with van der Waals surface area (Å²) in [5, 5.41) is 15.9. The molecule has 2 aliphatic heterocycles. The van der Waals surface area contributed by atoms with Crippen LogP contribution in [-0.2, 0) is 11.2 Å². The number of thioether (sulfide) groups is 1. The zero-order valence-electron chi connectivity index (χ0n) is 20.4. The van der Waals surface area contributed by atoms with Crippen LogP contribution in [0.5, 0.6) is 11.5 Å². The number of methoxy groups -OCH3 is 2. The number of hydrogen-bond donors (Lipinski definition) is 1. The van der Waals surface area contributed by atoms with Gasteiger partial charge in [0.15, 0.2) is 17.3 Å². The van der Waals surface area contributed by atoms with Crippen molar-refractivity contribution in [2.24, 2.45) is 10.1 Å². The normalized spacial score (nSPS) is 16.2. The third kappa shape index (κ3) is 4.22. The first-order valence-electron chi connectivity index (χ1n) is 11.3. The number of fused-ring (bicyclic) bond motifs is 1. The number of aromatic nitrogens is 1. The molecule has 0 saturated heterocycles. The summed E-state index contributed by atoms with van der Waals surface area (Å²) in [7, 11) is 3.19. The first-order valence-corrected chi connectivity index (χ1v) is 12.2. The van der Waals surface area contributed by atoms with Gasteiger partial charge in [0.05, 0.1) is 19.8 Å². The lowest BCUT2D eigenvalue weighted by Gasteiger charge is -2.20. The largest absolute Gasteiger partial charge is 0.493 e. The fourth-order valence-corrected chi connectivity index (χ4v) is 5.25. The zero-order chi connectivity index (χ0) is 25.4. The summed E-state index contributed by atoms with van der Waals surface area (Å²) in [5.41, 5.74) is 5.11. The molecule has 0 bridgehead atoms. The molecule has 0 radical (unpaired) electrons. The van der Waals surface area contributed by atoms with Crippen molar-refractivity contribution in [3.63, 3.8) is 0 Å². The Bertz CT molecular complexity index is 1470. The van der Waals surface area contributed by atoms with Gasteiger partial charge >= 0.3 is 0 Å². The lowest BCUT2D eigenvalue weighted by atomic mass is 10.1. The minimum Gasteiger partial charge on any atom is -0.493 e. The average molecular weight is 500 g/mol. The molecule has 182 valence electrons. The van der Waals surface area contributed by atoms with Gasteiger partial charge in [0, 0.05) is 23.5 Å². The van der Waals surface area contributed by atoms with Gasteiger partial charge in [0.25, 0.3) is 5.91 Å². The quantitative estimate of drug-likeness (QED) is 0.483. The molecule has 9 heteroatoms. The van der Waals surface area contributed by atoms with E-state index in [0.717, 1.165) is 33.2 Å². The molecule has 0 spiro atoms. The minimum absolute atomic E-state index is 0.0179. The van der Waals surface area contributed by atoms with Crippen LogP contribution < -0.4 is 9.47 Å². The van der Waals surface area contributed by atoms with Crippen LogP contribution >= 0.6 is 11.8 Å². The smallest absolute Gasteiger partial charge is 0.283 e. The van der Waals surface area contributed by atoms with Crippen molar-refractivity contribution in [1.29, 1.82) is 5.41 Å². The van der Waals surface area contributed by atoms with Crippen LogP contribution in [0.4, 0.5) is 0 Å². The molecule has 3 heterocycles. The predicted octanol–water partition coefficient (Wildman–Crippen LogP) is 4.97. The van der Waals surface area contributed by atoms with E-state index in [4.69, 9.17) is 14.9 Å². The van der Waals surface area contributed by atoms with Crippen LogP contribution in [0.15, 0.2) is 70.3 Å². The fourth-order valence-electron chi connectivity index (χ4n) is 4.33. The third-order valence-electron chi connectivity index (χ3n) is 6.08. The van der Waals surface area contributed by atoms with Crippen LogP contribution in [0.3, 0.4) is 0 Å². The van der Waals surface area contributed by atoms with Gasteiger partial charge in [0.1, 0.15) is 5.04 Å². The van der Waals surface area contributed by atoms with Gasteiger partial charge in [-0.05, 0) is 73.1 Å². The summed E-state index contributed by atoms with van der Waals surface area (Å²) in [6.07, 6.45) is 2.25. The second-order valence-corrected chi connectivity index (χ2v) is 9.42. The van der Waals surface area contributed by atoms with Crippen LogP contribution in [0.25, 0.3) is 11.8 Å². The predicted molar refractivity (Wildman–Crippen MR) is 144 cm³/mol. The van der Waals surface area contributed by atoms with Gasteiger partial charge in [0.2, 0.25) is 5.17 Å². The van der Waals surface area contributed by atoms with E-state index in [0.29, 0.717) is 23.1 Å². The van der Waals surface area contributed by atoms with Gasteiger partial charge in [-0.3, -0.25) is 10.2 Å². The van der Waals surface area contributed by atoms with Crippen molar-refractivity contribution in [2.45, 2.75) is 20.3 Å². The van der Waals surface area contributed by atoms with Crippen molar-refractivity contribution in [2.75, 3.05) is 14.2 Å². The first-order chi connectivity index (χ1) is 17.4. The molecule has 1 aromatic heterocycles. The van der Waals surface area contributed by atoms with Crippen molar-refractivity contribution in [1.82, 2.24) is 9.58 Å². The monoisotopic (exact) mass is 499 g/mol. The second-order valence-electron chi connectivity index (χ2n) is 8.38. The number of ether oxygens (including phenoxy) is 2. The van der Waals surface area contributed by atoms with Crippen molar-refractivity contribution < 1.29 is 14.3 Å². The number of benzene rings is 2. The van der Waals surface area contributed by atoms with E-state index in [2.05, 4.69) is 14.7 Å². The Morgan fingerprint density at radius 3 is 2.50 bits per heavy atom. The molecule has 0 saturated carbocycles. The molecule has 0 atom stereocenters. The van der Waals surface area contributed by atoms with Crippen LogP contribution in [0, 0.1) is 19.3 Å². The SMILES string of the molecule is COc1ccc(CC2=NN3C(=N)/C(=C/c4cc(C)n(-c5ccccc5)c4C)C(=O)N=C3S2)cc1OC. The number of amides is 1. The molecule has 1 N–H and O–H groups in total. The number of aliphatic imine (C=N–C) groups is 1. The highest BCUT2D eigenvalue weighted by Crippen LogP contribution is 2.33. The topological polar surface area (TPSA) is 92.3 Å². The van der Waals surface area contributed by atoms with Gasteiger partial charge in [-0.1, -0.05) is 24.3 Å². The van der Waals surface area contributed by atoms with Gasteiger partial charge < -0.3 is 14.0 Å². The molecule has 36 heavy (non-hydrogen) atoms. The number of para-hydroxylation sites is 1. The molecule has 2 aromatic carbocycles. The highest BCUT2D eigenvalue weighted by Gasteiger charge is 2.35. The van der Waals surface area contributed by atoms with Crippen molar-refractivity contribution >= 4 is 39.8 Å². The second kappa shape index (κ2) is 9.50. The highest BCUT2D eigenvalue weighted by molar-refractivity contribution is 8.26. The number of carbonyl (C=O) groups is 1. The molecule has 0 unspecified atom stereocenters. The van der Waals surface area contributed by atoms with E-state index in [1.165, 1.54) is 16.8 Å². The number of hydrogen-bond acceptors (Lipinski definition) is 6. The number of rotatable bonds is 6. The van der Waals surface area contributed by atoms with E-state index in [-0.39, 0.29) is 11.4 Å². The number of hydrazone groups is 1. The number of nitrogens with zero attached hydrogens (tertiary/aromatic N) is 4. The fraction of sp³-hybridized carbons (Fsp3) is 0.185. The number of nitrogens with one attached hydrogen (secondary N) is 1. The Morgan fingerprint density at radius 2 is 1.78 bits per heavy atom. The summed E-state index contributed by atoms with van der Waals surface area (Å²) < 4.78 is 12.8. The van der Waals surface area contributed by atoms with Crippen LogP contribution in [0.1, 0.15) is 22.5 Å². The first kappa shape index (κ1) is 23.6. The number of carbonyl (C=O) groups excluding carboxylic acids is 1. The summed E-state index contributed by atoms with van der Waals surface area (Å²) in [6.45, 7) is 4.03. The maximum absolute atomic E-state index is 12.9. The van der Waals surface area contributed by atoms with E-state index < -0.39 is 5.91 Å². The summed E-state index contributed by atoms with van der Waals surface area (Å²) >= 11 is 1.30. The van der Waals surface area contributed by atoms with E-state index in [1.807, 2.05) is 68.4 Å². The van der Waals surface area contributed by atoms with E-state index in [1.54, 1.807) is 20.3 Å². The van der Waals surface area contributed by atoms with Crippen molar-refractivity contribution in [3.8, 4) is 17.2 Å². The van der Waals surface area contributed by atoms with Gasteiger partial charge in [-0.15, -0.1) is 0 Å². The molecular formula is C27H25N5O3S. The van der Waals surface area contributed by atoms with Crippen LogP contribution in [-0.4, -0.2) is 45.7 Å². The Labute approximate surface area is 213 Å². The lowest BCUT2D eigenvalue weighted by molar-refractivity contribution is -0.114. The number of amidine groups is 2. The molecule has 0 aliphatic carbocycles. The van der Waals surface area contributed by atoms with Crippen molar-refractivity contribution in [3.05, 3.63) is 82.7 Å². The highest BCUT2D eigenvalue weighted by atomic mass is 32.2. The average Bonchev–Trinajstić information content (AvgIpc) is 3.41. The summed E-state index contributed by atoms with van der Waals surface area (Å²) in [4.78, 5) is 17.2. The maximum atomic E-state index is 12.9. The van der Waals surface area contributed by atoms with Gasteiger partial charge in [-0.25, -0.2) is 0 Å². The Balaban J connectivity index is 1.42. The summed E-state index contributed by atoms with van der Waals surface area (Å²) in [6, 6.07) is 17.7. The summed E-state index contributed by atoms with van der Waals surface area (Å²) in [5.74, 6) is 0.864. The Hall–Kier alpha value is -4.11. The zero-order valence-corrected chi connectivity index (χ0v) is 21.2. The minimum atomic E-state index is -0.439. The molecular weight excluding hydrogens is 474 g/mol. The molecule has 1 amide bonds. The molecule has 3 aromatic rings. The third-order valence-corrected chi connectivity index (χ3v) is 6.99. The molecule has 2 aliphatic rings. The van der Waals surface area contributed by atoms with E-state index >= 15 is 0 Å². The van der Waals surface area contributed by atoms with E-state index in [9.17, 15) is 4.79 Å². The lowest BCUT2D eigenvalue weighted by Crippen LogP contribution is -2.35. The molecule has 8 nitrogen and oxygen atoms in total. The molecule has 0 fully saturated rings. The Kier molecular flexibility index (Phi) is 6.24. The Morgan fingerprint density at radius 1 is 1.03 bits per heavy atom. The standard InChI is InChI=1S/C27H25N5O3S/c1-16-12-19(17(2)31(16)20-8-6-5-7-9-20)15-21-25(28)32-27(29-26(21)33)36-24(30-32)14-18-10-11-22(34-3)23(13-18)35-4/h5-13,15,28H,14H2,1-4H3/b21-15-,28-25?. The maximum Gasteiger partial charge on any atom is 0.283 e. The van der Waals surface area contributed by atoms with Gasteiger partial charge in [-0.2, -0.15) is 15.1 Å². The molecule has 5 rings (SSSR count). The van der Waals surface area contributed by atoms with Crippen LogP contribution in [0.2, 0.25) is 0 Å². The number of aryl methyl sites for hydroxylation is 1.